The molecule has 1 aromatic rings. The number of hydrogen-bond donors (Lipinski definition) is 0. The number of fused-ring (bicyclic) bond motifs is 1. The highest BCUT2D eigenvalue weighted by molar-refractivity contribution is 6.32. The van der Waals surface area contributed by atoms with Crippen molar-refractivity contribution in [3.63, 3.8) is 0 Å². The van der Waals surface area contributed by atoms with Gasteiger partial charge in [0, 0.05) is 0 Å². The van der Waals surface area contributed by atoms with Gasteiger partial charge >= 0.3 is 0 Å². The van der Waals surface area contributed by atoms with Gasteiger partial charge in [0.2, 0.25) is 0 Å². The van der Waals surface area contributed by atoms with Gasteiger partial charge < -0.3 is 0 Å². The summed E-state index contributed by atoms with van der Waals surface area (Å²) in [5.41, 5.74) is 4.52. The normalized spacial score (nSPS) is 14.2. The standard InChI is InChI=1S/C8H9B/c9-8-4-3-6-1-2-7(6)5-8/h3-5H,1-2,9H2. The average Bonchev–Trinajstić information content (AvgIpc) is 1.78. The summed E-state index contributed by atoms with van der Waals surface area (Å²) in [6.07, 6.45) is 2.60. The molecule has 0 nitrogen and oxygen atoms in total. The highest BCUT2D eigenvalue weighted by Crippen LogP contribution is 2.19. The van der Waals surface area contributed by atoms with Crippen molar-refractivity contribution in [3.05, 3.63) is 29.3 Å². The summed E-state index contributed by atoms with van der Waals surface area (Å²) in [5.74, 6) is 0. The van der Waals surface area contributed by atoms with E-state index in [-0.39, 0.29) is 0 Å². The lowest BCUT2D eigenvalue weighted by Crippen LogP contribution is -2.13. The van der Waals surface area contributed by atoms with Crippen LogP contribution in [0.1, 0.15) is 11.1 Å². The van der Waals surface area contributed by atoms with E-state index in [1.165, 1.54) is 18.3 Å². The summed E-state index contributed by atoms with van der Waals surface area (Å²) in [6, 6.07) is 6.73. The molecule has 1 aromatic carbocycles. The lowest BCUT2D eigenvalue weighted by Gasteiger charge is -2.18. The first-order chi connectivity index (χ1) is 4.36. The van der Waals surface area contributed by atoms with E-state index < -0.39 is 0 Å². The van der Waals surface area contributed by atoms with Crippen LogP contribution in [0.15, 0.2) is 18.2 Å². The van der Waals surface area contributed by atoms with Crippen molar-refractivity contribution in [1.82, 2.24) is 0 Å². The molecule has 44 valence electrons. The Balaban J connectivity index is 2.57. The topological polar surface area (TPSA) is 0 Å². The van der Waals surface area contributed by atoms with Gasteiger partial charge in [-0.3, -0.25) is 0 Å². The molecule has 0 radical (unpaired) electrons. The zero-order valence-electron chi connectivity index (χ0n) is 5.65. The summed E-state index contributed by atoms with van der Waals surface area (Å²) in [7, 11) is 2.15. The van der Waals surface area contributed by atoms with Crippen LogP contribution >= 0.6 is 0 Å². The molecule has 0 unspecified atom stereocenters. The molecule has 0 saturated heterocycles. The van der Waals surface area contributed by atoms with Gasteiger partial charge in [0.1, 0.15) is 7.85 Å². The van der Waals surface area contributed by atoms with E-state index >= 15 is 0 Å². The molecule has 0 atom stereocenters. The molecule has 0 amide bonds. The third kappa shape index (κ3) is 0.681. The number of aryl methyl sites for hydroxylation is 2. The number of benzene rings is 1. The fraction of sp³-hybridized carbons (Fsp3) is 0.250. The van der Waals surface area contributed by atoms with E-state index in [1.807, 2.05) is 0 Å². The fourth-order valence-electron chi connectivity index (χ4n) is 1.32. The second-order valence-corrected chi connectivity index (χ2v) is 2.77. The van der Waals surface area contributed by atoms with Crippen molar-refractivity contribution in [2.75, 3.05) is 0 Å². The molecule has 1 heteroatoms. The molecule has 9 heavy (non-hydrogen) atoms. The minimum atomic E-state index is 1.30. The van der Waals surface area contributed by atoms with Crippen LogP contribution in [0.4, 0.5) is 0 Å². The van der Waals surface area contributed by atoms with Gasteiger partial charge in [0.05, 0.1) is 0 Å². The molecular formula is C8H9B. The SMILES string of the molecule is Bc1ccc2c(c1)CC2. The molecule has 0 bridgehead atoms. The van der Waals surface area contributed by atoms with Crippen LogP contribution in [0.3, 0.4) is 0 Å². The molecule has 2 rings (SSSR count). The summed E-state index contributed by atoms with van der Waals surface area (Å²) < 4.78 is 0. The highest BCUT2D eigenvalue weighted by Gasteiger charge is 2.10. The van der Waals surface area contributed by atoms with Gasteiger partial charge in [-0.15, -0.1) is 0 Å². The van der Waals surface area contributed by atoms with Crippen LogP contribution in [0.25, 0.3) is 0 Å². The van der Waals surface area contributed by atoms with Gasteiger partial charge in [-0.05, 0) is 24.0 Å². The quantitative estimate of drug-likeness (QED) is 0.420. The van der Waals surface area contributed by atoms with Crippen molar-refractivity contribution in [3.8, 4) is 0 Å². The second kappa shape index (κ2) is 1.63. The Labute approximate surface area is 56.3 Å². The maximum Gasteiger partial charge on any atom is 0.139 e. The predicted octanol–water partition coefficient (Wildman–Crippen LogP) is 0.0436. The first kappa shape index (κ1) is 5.10. The average molecular weight is 116 g/mol. The monoisotopic (exact) mass is 116 g/mol. The smallest absolute Gasteiger partial charge is 0.0887 e. The Morgan fingerprint density at radius 2 is 1.89 bits per heavy atom. The summed E-state index contributed by atoms with van der Waals surface area (Å²) in [5, 5.41) is 0. The summed E-state index contributed by atoms with van der Waals surface area (Å²) in [4.78, 5) is 0. The molecule has 1 aliphatic carbocycles. The Morgan fingerprint density at radius 3 is 2.33 bits per heavy atom. The van der Waals surface area contributed by atoms with Crippen LogP contribution in [0.5, 0.6) is 0 Å². The maximum absolute atomic E-state index is 2.29. The minimum absolute atomic E-state index is 1.30. The van der Waals surface area contributed by atoms with Crippen molar-refractivity contribution >= 4 is 13.3 Å². The summed E-state index contributed by atoms with van der Waals surface area (Å²) >= 11 is 0. The first-order valence-electron chi connectivity index (χ1n) is 3.45. The van der Waals surface area contributed by atoms with E-state index in [0.717, 1.165) is 0 Å². The van der Waals surface area contributed by atoms with E-state index in [0.29, 0.717) is 0 Å². The number of rotatable bonds is 0. The van der Waals surface area contributed by atoms with Gasteiger partial charge in [0.15, 0.2) is 0 Å². The van der Waals surface area contributed by atoms with Crippen molar-refractivity contribution in [2.45, 2.75) is 12.8 Å². The minimum Gasteiger partial charge on any atom is -0.0887 e. The van der Waals surface area contributed by atoms with Gasteiger partial charge in [-0.1, -0.05) is 23.7 Å². The second-order valence-electron chi connectivity index (χ2n) is 2.77. The van der Waals surface area contributed by atoms with Crippen molar-refractivity contribution in [2.24, 2.45) is 0 Å². The molecular weight excluding hydrogens is 107 g/mol. The van der Waals surface area contributed by atoms with Crippen molar-refractivity contribution < 1.29 is 0 Å². The molecule has 1 aliphatic rings. The Kier molecular flexibility index (Phi) is 0.924. The number of hydrogen-bond acceptors (Lipinski definition) is 0. The lowest BCUT2D eigenvalue weighted by atomic mass is 9.83. The zero-order valence-corrected chi connectivity index (χ0v) is 5.65. The molecule has 0 saturated carbocycles. The van der Waals surface area contributed by atoms with Gasteiger partial charge in [-0.25, -0.2) is 0 Å². The Hall–Kier alpha value is -0.715. The largest absolute Gasteiger partial charge is 0.139 e. The maximum atomic E-state index is 2.29. The zero-order chi connectivity index (χ0) is 6.27. The van der Waals surface area contributed by atoms with Crippen LogP contribution in [0.2, 0.25) is 0 Å². The predicted molar refractivity (Wildman–Crippen MR) is 42.0 cm³/mol. The van der Waals surface area contributed by atoms with Gasteiger partial charge in [-0.2, -0.15) is 0 Å². The van der Waals surface area contributed by atoms with Crippen LogP contribution in [-0.4, -0.2) is 7.85 Å². The molecule has 0 heterocycles. The van der Waals surface area contributed by atoms with E-state index in [1.54, 1.807) is 11.1 Å². The van der Waals surface area contributed by atoms with E-state index in [4.69, 9.17) is 0 Å². The molecule has 0 aromatic heterocycles. The van der Waals surface area contributed by atoms with Crippen LogP contribution < -0.4 is 5.46 Å². The fourth-order valence-corrected chi connectivity index (χ4v) is 1.32. The molecule has 0 aliphatic heterocycles. The van der Waals surface area contributed by atoms with E-state index in [2.05, 4.69) is 26.0 Å². The molecule has 0 fully saturated rings. The molecule has 0 N–H and O–H groups in total. The summed E-state index contributed by atoms with van der Waals surface area (Å²) in [6.45, 7) is 0. The van der Waals surface area contributed by atoms with Crippen LogP contribution in [0, 0.1) is 0 Å². The molecule has 0 spiro atoms. The lowest BCUT2D eigenvalue weighted by molar-refractivity contribution is 0.841. The van der Waals surface area contributed by atoms with E-state index in [9.17, 15) is 0 Å². The Bertz CT molecular complexity index is 240. The Morgan fingerprint density at radius 1 is 1.11 bits per heavy atom. The highest BCUT2D eigenvalue weighted by atomic mass is 14.1. The third-order valence-electron chi connectivity index (χ3n) is 2.03. The van der Waals surface area contributed by atoms with Crippen LogP contribution in [-0.2, 0) is 12.8 Å². The van der Waals surface area contributed by atoms with Gasteiger partial charge in [0.25, 0.3) is 0 Å². The van der Waals surface area contributed by atoms with Crippen molar-refractivity contribution in [1.29, 1.82) is 0 Å². The first-order valence-corrected chi connectivity index (χ1v) is 3.45. The third-order valence-corrected chi connectivity index (χ3v) is 2.03.